The normalized spacial score (nSPS) is 14.9. The van der Waals surface area contributed by atoms with Gasteiger partial charge < -0.3 is 0 Å². The van der Waals surface area contributed by atoms with Crippen LogP contribution in [0.5, 0.6) is 0 Å². The van der Waals surface area contributed by atoms with Crippen molar-refractivity contribution in [1.82, 2.24) is 0 Å². The molecule has 2 nitrogen and oxygen atoms in total. The van der Waals surface area contributed by atoms with Crippen LogP contribution in [-0.4, -0.2) is 11.6 Å². The van der Waals surface area contributed by atoms with Crippen molar-refractivity contribution < 1.29 is 9.59 Å². The van der Waals surface area contributed by atoms with Crippen LogP contribution >= 0.6 is 0 Å². The molecule has 0 saturated heterocycles. The van der Waals surface area contributed by atoms with Gasteiger partial charge in [0.2, 0.25) is 0 Å². The van der Waals surface area contributed by atoms with Crippen LogP contribution in [-0.2, 0) is 12.8 Å². The Hall–Kier alpha value is -5.60. The summed E-state index contributed by atoms with van der Waals surface area (Å²) in [4.78, 5) is 24.8. The first-order valence-corrected chi connectivity index (χ1v) is 16.9. The van der Waals surface area contributed by atoms with Gasteiger partial charge in [0.1, 0.15) is 0 Å². The van der Waals surface area contributed by atoms with Crippen molar-refractivity contribution >= 4 is 33.1 Å². The Morgan fingerprint density at radius 2 is 1.06 bits per heavy atom. The van der Waals surface area contributed by atoms with Crippen LogP contribution in [0.4, 0.5) is 0 Å². The zero-order valence-electron chi connectivity index (χ0n) is 27.3. The number of carbonyl (C=O) groups excluding carboxylic acids is 2. The van der Waals surface area contributed by atoms with Gasteiger partial charge in [0.05, 0.1) is 0 Å². The van der Waals surface area contributed by atoms with Crippen LogP contribution < -0.4 is 0 Å². The number of benzene rings is 7. The molecule has 0 heterocycles. The lowest BCUT2D eigenvalue weighted by molar-refractivity contribution is 0.0945. The zero-order valence-corrected chi connectivity index (χ0v) is 27.3. The predicted molar refractivity (Wildman–Crippen MR) is 199 cm³/mol. The maximum atomic E-state index is 12.7. The van der Waals surface area contributed by atoms with Crippen molar-refractivity contribution in [2.24, 2.45) is 5.92 Å². The first-order chi connectivity index (χ1) is 23.5. The Labute approximate surface area is 281 Å². The number of aryl methyl sites for hydroxylation is 1. The first kappa shape index (κ1) is 29.8. The third kappa shape index (κ3) is 5.05. The van der Waals surface area contributed by atoms with Crippen LogP contribution in [0.3, 0.4) is 0 Å². The minimum absolute atomic E-state index is 0.0553. The topological polar surface area (TPSA) is 34.1 Å². The molecule has 0 fully saturated rings. The Kier molecular flexibility index (Phi) is 7.57. The Morgan fingerprint density at radius 1 is 0.479 bits per heavy atom. The minimum Gasteiger partial charge on any atom is -0.294 e. The van der Waals surface area contributed by atoms with E-state index in [1.54, 1.807) is 0 Å². The number of hydrogen-bond acceptors (Lipinski definition) is 2. The summed E-state index contributed by atoms with van der Waals surface area (Å²) in [6.45, 7) is 4.08. The van der Waals surface area contributed by atoms with E-state index in [0.717, 1.165) is 29.5 Å². The van der Waals surface area contributed by atoms with Crippen molar-refractivity contribution in [3.05, 3.63) is 167 Å². The molecule has 0 spiro atoms. The van der Waals surface area contributed by atoms with E-state index >= 15 is 0 Å². The molecule has 2 aliphatic carbocycles. The molecule has 7 aromatic rings. The summed E-state index contributed by atoms with van der Waals surface area (Å²) >= 11 is 0. The zero-order chi connectivity index (χ0) is 32.8. The molecule has 1 atom stereocenters. The monoisotopic (exact) mass is 620 g/mol. The van der Waals surface area contributed by atoms with Crippen LogP contribution in [0.15, 0.2) is 140 Å². The number of carbonyl (C=O) groups is 2. The van der Waals surface area contributed by atoms with Crippen molar-refractivity contribution in [2.75, 3.05) is 0 Å². The van der Waals surface area contributed by atoms with Crippen LogP contribution in [0.25, 0.3) is 54.9 Å². The number of ketones is 2. The molecule has 48 heavy (non-hydrogen) atoms. The van der Waals surface area contributed by atoms with Gasteiger partial charge in [-0.3, -0.25) is 9.59 Å². The fourth-order valence-electron chi connectivity index (χ4n) is 7.85. The number of rotatable bonds is 3. The quantitative estimate of drug-likeness (QED) is 0.197. The maximum Gasteiger partial charge on any atom is 0.166 e. The van der Waals surface area contributed by atoms with Gasteiger partial charge in [0, 0.05) is 23.5 Å². The lowest BCUT2D eigenvalue weighted by Crippen LogP contribution is -2.02. The molecular formula is C46H36O2. The highest BCUT2D eigenvalue weighted by molar-refractivity contribution is 6.09. The van der Waals surface area contributed by atoms with E-state index in [1.807, 2.05) is 26.0 Å². The molecule has 0 bridgehead atoms. The SMILES string of the molecule is CC1Cc2c(ccc(-c3ccccc3)c2-c2cccc3ccccc23)C1=O.Cc1ccc(-c2cccc3ccccc23)c2c1C(=O)CC2. The van der Waals surface area contributed by atoms with Crippen LogP contribution in [0, 0.1) is 12.8 Å². The summed E-state index contributed by atoms with van der Waals surface area (Å²) in [7, 11) is 0. The molecular weight excluding hydrogens is 585 g/mol. The molecule has 2 aliphatic rings. The minimum atomic E-state index is 0.0553. The van der Waals surface area contributed by atoms with Crippen LogP contribution in [0.1, 0.15) is 50.8 Å². The average Bonchev–Trinajstić information content (AvgIpc) is 3.67. The molecule has 0 saturated carbocycles. The lowest BCUT2D eigenvalue weighted by Gasteiger charge is -2.17. The van der Waals surface area contributed by atoms with Gasteiger partial charge in [-0.15, -0.1) is 0 Å². The van der Waals surface area contributed by atoms with E-state index in [0.29, 0.717) is 12.2 Å². The summed E-state index contributed by atoms with van der Waals surface area (Å²) in [5.74, 6) is 0.621. The van der Waals surface area contributed by atoms with Crippen LogP contribution in [0.2, 0.25) is 0 Å². The highest BCUT2D eigenvalue weighted by Gasteiger charge is 2.31. The molecule has 0 N–H and O–H groups in total. The predicted octanol–water partition coefficient (Wildman–Crippen LogP) is 11.5. The van der Waals surface area contributed by atoms with E-state index in [4.69, 9.17) is 0 Å². The fraction of sp³-hybridized carbons (Fsp3) is 0.130. The largest absolute Gasteiger partial charge is 0.294 e. The van der Waals surface area contributed by atoms with Crippen molar-refractivity contribution in [1.29, 1.82) is 0 Å². The van der Waals surface area contributed by atoms with Gasteiger partial charge >= 0.3 is 0 Å². The third-order valence-electron chi connectivity index (χ3n) is 10.2. The van der Waals surface area contributed by atoms with Gasteiger partial charge in [-0.1, -0.05) is 146 Å². The summed E-state index contributed by atoms with van der Waals surface area (Å²) in [6, 6.07) is 48.7. The smallest absolute Gasteiger partial charge is 0.166 e. The summed E-state index contributed by atoms with van der Waals surface area (Å²) in [6.07, 6.45) is 2.33. The lowest BCUT2D eigenvalue weighted by atomic mass is 9.86. The van der Waals surface area contributed by atoms with Gasteiger partial charge in [-0.05, 0) is 91.4 Å². The van der Waals surface area contributed by atoms with E-state index in [2.05, 4.69) is 127 Å². The highest BCUT2D eigenvalue weighted by atomic mass is 16.1. The van der Waals surface area contributed by atoms with Crippen molar-refractivity contribution in [3.63, 3.8) is 0 Å². The van der Waals surface area contributed by atoms with E-state index in [9.17, 15) is 9.59 Å². The van der Waals surface area contributed by atoms with E-state index in [-0.39, 0.29) is 11.7 Å². The summed E-state index contributed by atoms with van der Waals surface area (Å²) in [5.41, 5.74) is 12.7. The number of Topliss-reactive ketones (excluding diaryl/α,β-unsaturated/α-hetero) is 2. The fourth-order valence-corrected chi connectivity index (χ4v) is 7.85. The Bertz CT molecular complexity index is 2370. The maximum absolute atomic E-state index is 12.7. The molecule has 0 radical (unpaired) electrons. The summed E-state index contributed by atoms with van der Waals surface area (Å²) in [5, 5.41) is 4.96. The van der Waals surface area contributed by atoms with Gasteiger partial charge in [0.15, 0.2) is 11.6 Å². The molecule has 0 aliphatic heterocycles. The molecule has 1 unspecified atom stereocenters. The second-order valence-electron chi connectivity index (χ2n) is 13.1. The van der Waals surface area contributed by atoms with Crippen molar-refractivity contribution in [3.8, 4) is 33.4 Å². The van der Waals surface area contributed by atoms with Gasteiger partial charge in [-0.25, -0.2) is 0 Å². The molecule has 2 heteroatoms. The van der Waals surface area contributed by atoms with E-state index in [1.165, 1.54) is 66.1 Å². The highest BCUT2D eigenvalue weighted by Crippen LogP contribution is 2.44. The number of fused-ring (bicyclic) bond motifs is 4. The standard InChI is InChI=1S/C26H20O.C20H16O/c1-17-16-24-23(26(17)27)15-14-21(19-8-3-2-4-9-19)25(24)22-13-7-11-18-10-5-6-12-20(18)22;1-13-9-10-17(18-11-12-19(21)20(13)18)16-8-4-6-14-5-2-3-7-15(14)16/h2-15,17H,16H2,1H3;2-10H,11-12H2,1H3. The summed E-state index contributed by atoms with van der Waals surface area (Å²) < 4.78 is 0. The molecule has 232 valence electrons. The van der Waals surface area contributed by atoms with E-state index < -0.39 is 0 Å². The average molecular weight is 621 g/mol. The molecule has 0 amide bonds. The van der Waals surface area contributed by atoms with Crippen molar-refractivity contribution in [2.45, 2.75) is 33.1 Å². The number of hydrogen-bond donors (Lipinski definition) is 0. The van der Waals surface area contributed by atoms with Gasteiger partial charge in [-0.2, -0.15) is 0 Å². The third-order valence-corrected chi connectivity index (χ3v) is 10.2. The molecule has 0 aromatic heterocycles. The molecule has 9 rings (SSSR count). The molecule has 7 aromatic carbocycles. The Balaban J connectivity index is 0.000000145. The Morgan fingerprint density at radius 3 is 1.79 bits per heavy atom. The second kappa shape index (κ2) is 12.2. The first-order valence-electron chi connectivity index (χ1n) is 16.9. The van der Waals surface area contributed by atoms with Gasteiger partial charge in [0.25, 0.3) is 0 Å². The second-order valence-corrected chi connectivity index (χ2v) is 13.1.